The van der Waals surface area contributed by atoms with E-state index in [1.54, 1.807) is 44.5 Å². The summed E-state index contributed by atoms with van der Waals surface area (Å²) >= 11 is 0. The molecule has 116 valence electrons. The summed E-state index contributed by atoms with van der Waals surface area (Å²) in [7, 11) is 3.24. The van der Waals surface area contributed by atoms with Gasteiger partial charge >= 0.3 is 5.97 Å². The average Bonchev–Trinajstić information content (AvgIpc) is 2.59. The van der Waals surface area contributed by atoms with Crippen LogP contribution in [0, 0.1) is 0 Å². The summed E-state index contributed by atoms with van der Waals surface area (Å²) in [4.78, 5) is 24.3. The fourth-order valence-electron chi connectivity index (χ4n) is 2.35. The molecular weight excluding hydrogens is 294 g/mol. The third-order valence-corrected chi connectivity index (χ3v) is 3.64. The van der Waals surface area contributed by atoms with Gasteiger partial charge in [-0.05, 0) is 36.4 Å². The lowest BCUT2D eigenvalue weighted by atomic mass is 10.2. The van der Waals surface area contributed by atoms with Crippen LogP contribution in [0.25, 0.3) is 10.9 Å². The molecular formula is C18H15NO4. The molecule has 0 aliphatic rings. The number of fused-ring (bicyclic) bond motifs is 1. The molecule has 5 nitrogen and oxygen atoms in total. The van der Waals surface area contributed by atoms with Crippen molar-refractivity contribution in [2.75, 3.05) is 7.11 Å². The summed E-state index contributed by atoms with van der Waals surface area (Å²) in [6, 6.07) is 15.2. The predicted molar refractivity (Wildman–Crippen MR) is 87.1 cm³/mol. The van der Waals surface area contributed by atoms with Crippen molar-refractivity contribution in [3.8, 4) is 11.5 Å². The highest BCUT2D eigenvalue weighted by Gasteiger charge is 2.13. The Morgan fingerprint density at radius 1 is 1.04 bits per heavy atom. The molecule has 0 fully saturated rings. The van der Waals surface area contributed by atoms with E-state index in [4.69, 9.17) is 9.47 Å². The van der Waals surface area contributed by atoms with Crippen molar-refractivity contribution in [3.63, 3.8) is 0 Å². The van der Waals surface area contributed by atoms with Crippen LogP contribution in [0.2, 0.25) is 0 Å². The highest BCUT2D eigenvalue weighted by molar-refractivity contribution is 5.94. The maximum absolute atomic E-state index is 12.3. The topological polar surface area (TPSA) is 57.5 Å². The Morgan fingerprint density at radius 2 is 1.74 bits per heavy atom. The van der Waals surface area contributed by atoms with Gasteiger partial charge in [0.25, 0.3) is 5.56 Å². The third kappa shape index (κ3) is 2.81. The van der Waals surface area contributed by atoms with Crippen LogP contribution in [-0.2, 0) is 7.05 Å². The highest BCUT2D eigenvalue weighted by Crippen LogP contribution is 2.24. The number of nitrogens with zero attached hydrogens (tertiary/aromatic N) is 1. The van der Waals surface area contributed by atoms with E-state index in [0.717, 1.165) is 0 Å². The van der Waals surface area contributed by atoms with E-state index in [0.29, 0.717) is 22.2 Å². The molecule has 0 aliphatic carbocycles. The largest absolute Gasteiger partial charge is 0.497 e. The van der Waals surface area contributed by atoms with E-state index in [1.165, 1.54) is 10.6 Å². The zero-order valence-corrected chi connectivity index (χ0v) is 12.8. The van der Waals surface area contributed by atoms with Gasteiger partial charge in [0.05, 0.1) is 18.2 Å². The molecule has 3 aromatic rings. The Hall–Kier alpha value is -3.08. The molecule has 1 aromatic heterocycles. The predicted octanol–water partition coefficient (Wildman–Crippen LogP) is 2.77. The monoisotopic (exact) mass is 309 g/mol. The SMILES string of the molecule is COc1ccc(C(=O)Oc2cc(=O)n(C)c3ccccc23)cc1. The summed E-state index contributed by atoms with van der Waals surface area (Å²) in [5.41, 5.74) is 0.856. The molecule has 0 unspecified atom stereocenters. The Balaban J connectivity index is 1.99. The van der Waals surface area contributed by atoms with Gasteiger partial charge in [-0.25, -0.2) is 4.79 Å². The number of carbonyl (C=O) groups excluding carboxylic acids is 1. The van der Waals surface area contributed by atoms with Crippen molar-refractivity contribution in [1.82, 2.24) is 4.57 Å². The van der Waals surface area contributed by atoms with Crippen molar-refractivity contribution < 1.29 is 14.3 Å². The molecule has 0 bridgehead atoms. The Kier molecular flexibility index (Phi) is 3.85. The summed E-state index contributed by atoms with van der Waals surface area (Å²) in [5, 5.41) is 0.705. The zero-order chi connectivity index (χ0) is 16.4. The van der Waals surface area contributed by atoms with E-state index >= 15 is 0 Å². The molecule has 5 heteroatoms. The first-order valence-electron chi connectivity index (χ1n) is 7.05. The molecule has 0 N–H and O–H groups in total. The standard InChI is InChI=1S/C18H15NO4/c1-19-15-6-4-3-5-14(15)16(11-17(19)20)23-18(21)12-7-9-13(22-2)10-8-12/h3-11H,1-2H3. The number of methoxy groups -OCH3 is 1. The first kappa shape index (κ1) is 14.8. The summed E-state index contributed by atoms with van der Waals surface area (Å²) in [6.45, 7) is 0. The molecule has 0 spiro atoms. The molecule has 0 saturated carbocycles. The number of hydrogen-bond donors (Lipinski definition) is 0. The maximum atomic E-state index is 12.3. The lowest BCUT2D eigenvalue weighted by Crippen LogP contribution is -2.18. The Bertz CT molecular complexity index is 926. The highest BCUT2D eigenvalue weighted by atomic mass is 16.5. The minimum atomic E-state index is -0.522. The van der Waals surface area contributed by atoms with Crippen LogP contribution in [0.3, 0.4) is 0 Å². The minimum Gasteiger partial charge on any atom is -0.497 e. The van der Waals surface area contributed by atoms with Gasteiger partial charge in [-0.15, -0.1) is 0 Å². The second-order valence-electron chi connectivity index (χ2n) is 5.04. The number of hydrogen-bond acceptors (Lipinski definition) is 4. The molecule has 0 aliphatic heterocycles. The van der Waals surface area contributed by atoms with E-state index in [-0.39, 0.29) is 11.3 Å². The second kappa shape index (κ2) is 5.96. The summed E-state index contributed by atoms with van der Waals surface area (Å²) in [5.74, 6) is 0.385. The number of pyridine rings is 1. The van der Waals surface area contributed by atoms with E-state index < -0.39 is 5.97 Å². The van der Waals surface area contributed by atoms with Gasteiger partial charge < -0.3 is 14.0 Å². The average molecular weight is 309 g/mol. The maximum Gasteiger partial charge on any atom is 0.343 e. The Labute approximate surface area is 132 Å². The van der Waals surface area contributed by atoms with Crippen molar-refractivity contribution >= 4 is 16.9 Å². The van der Waals surface area contributed by atoms with Crippen LogP contribution in [-0.4, -0.2) is 17.6 Å². The normalized spacial score (nSPS) is 10.5. The first-order valence-corrected chi connectivity index (χ1v) is 7.05. The van der Waals surface area contributed by atoms with Crippen LogP contribution in [0.4, 0.5) is 0 Å². The van der Waals surface area contributed by atoms with Gasteiger partial charge in [0.1, 0.15) is 11.5 Å². The van der Waals surface area contributed by atoms with Crippen molar-refractivity contribution in [1.29, 1.82) is 0 Å². The van der Waals surface area contributed by atoms with Crippen molar-refractivity contribution in [3.05, 3.63) is 70.5 Å². The van der Waals surface area contributed by atoms with Gasteiger partial charge in [0, 0.05) is 18.5 Å². The van der Waals surface area contributed by atoms with Crippen molar-refractivity contribution in [2.45, 2.75) is 0 Å². The number of aryl methyl sites for hydroxylation is 1. The quantitative estimate of drug-likeness (QED) is 0.698. The van der Waals surface area contributed by atoms with Gasteiger partial charge in [0.15, 0.2) is 0 Å². The number of para-hydroxylation sites is 1. The number of ether oxygens (including phenoxy) is 2. The molecule has 23 heavy (non-hydrogen) atoms. The van der Waals surface area contributed by atoms with Gasteiger partial charge in [-0.3, -0.25) is 4.79 Å². The van der Waals surface area contributed by atoms with Gasteiger partial charge in [0.2, 0.25) is 0 Å². The van der Waals surface area contributed by atoms with Crippen LogP contribution in [0.1, 0.15) is 10.4 Å². The number of benzene rings is 2. The van der Waals surface area contributed by atoms with E-state index in [2.05, 4.69) is 0 Å². The fraction of sp³-hybridized carbons (Fsp3) is 0.111. The first-order chi connectivity index (χ1) is 11.1. The molecule has 3 rings (SSSR count). The number of esters is 1. The van der Waals surface area contributed by atoms with Crippen molar-refractivity contribution in [2.24, 2.45) is 7.05 Å². The molecule has 1 heterocycles. The van der Waals surface area contributed by atoms with Crippen LogP contribution in [0.15, 0.2) is 59.4 Å². The minimum absolute atomic E-state index is 0.235. The molecule has 2 aromatic carbocycles. The molecule has 0 amide bonds. The molecule has 0 saturated heterocycles. The van der Waals surface area contributed by atoms with Crippen LogP contribution >= 0.6 is 0 Å². The molecule has 0 radical (unpaired) electrons. The lowest BCUT2D eigenvalue weighted by Gasteiger charge is -2.10. The van der Waals surface area contributed by atoms with E-state index in [9.17, 15) is 9.59 Å². The third-order valence-electron chi connectivity index (χ3n) is 3.64. The lowest BCUT2D eigenvalue weighted by molar-refractivity contribution is 0.0737. The number of carbonyl (C=O) groups is 1. The summed E-state index contributed by atoms with van der Waals surface area (Å²) < 4.78 is 12.0. The van der Waals surface area contributed by atoms with Gasteiger partial charge in [-0.1, -0.05) is 12.1 Å². The molecule has 0 atom stereocenters. The van der Waals surface area contributed by atoms with Crippen LogP contribution in [0.5, 0.6) is 11.5 Å². The fourth-order valence-corrected chi connectivity index (χ4v) is 2.35. The number of aromatic nitrogens is 1. The van der Waals surface area contributed by atoms with Crippen LogP contribution < -0.4 is 15.0 Å². The zero-order valence-electron chi connectivity index (χ0n) is 12.8. The second-order valence-corrected chi connectivity index (χ2v) is 5.04. The summed E-state index contributed by atoms with van der Waals surface area (Å²) in [6.07, 6.45) is 0. The van der Waals surface area contributed by atoms with Gasteiger partial charge in [-0.2, -0.15) is 0 Å². The smallest absolute Gasteiger partial charge is 0.343 e. The number of rotatable bonds is 3. The Morgan fingerprint density at radius 3 is 2.43 bits per heavy atom. The van der Waals surface area contributed by atoms with E-state index in [1.807, 2.05) is 18.2 Å².